The van der Waals surface area contributed by atoms with Gasteiger partial charge in [-0.05, 0) is 146 Å². The number of pyridine rings is 1. The molecule has 0 saturated carbocycles. The molecule has 0 radical (unpaired) electrons. The molecule has 3 aromatic carbocycles. The lowest BCUT2D eigenvalue weighted by Crippen LogP contribution is -2.57. The maximum atomic E-state index is 17.5. The van der Waals surface area contributed by atoms with Gasteiger partial charge in [-0.25, -0.2) is 23.2 Å². The maximum Gasteiger partial charge on any atom is 0.410 e. The van der Waals surface area contributed by atoms with Crippen LogP contribution in [-0.2, 0) is 26.1 Å². The van der Waals surface area contributed by atoms with Crippen LogP contribution >= 0.6 is 0 Å². The number of piperidine rings is 3. The number of imidazole rings is 1. The highest BCUT2D eigenvalue weighted by Gasteiger charge is 2.51. The van der Waals surface area contributed by atoms with Crippen molar-refractivity contribution in [2.24, 2.45) is 13.0 Å². The molecule has 7 aliphatic heterocycles. The van der Waals surface area contributed by atoms with Crippen LogP contribution in [0.15, 0.2) is 59.5 Å². The Balaban J connectivity index is 0.648. The molecule has 10 heterocycles. The monoisotopic (exact) mass is 1180 g/mol. The predicted molar refractivity (Wildman–Crippen MR) is 320 cm³/mol. The largest absolute Gasteiger partial charge is 0.461 e. The van der Waals surface area contributed by atoms with Crippen molar-refractivity contribution in [2.75, 3.05) is 77.5 Å². The standard InChI is InChI=1S/C65H75F2N11O8/c1-7-45-49(66)18-15-41-11-8-13-47(53(41)45)55-54(67)56-48(33-68-55)58(75-35-42-16-17-43(36-75)77(42)63(83)86-64(2,3)4)70-60(69-56)85-38-65-26-10-28-76(65)44(21-27-65)37-84-62(82)74-31-22-39(23-32-74)34-73-29-24-40(25-30-73)46-12-9-14-50-57(46)72(6)61(81)78(50)51-19-20-52(79)71(5)59(51)80/h1,8-9,11-15,18,33,39-40,42-44,51H,10,16-17,19-32,34-38H2,2-6H3/t42?,43?,44-,51?,65-/m0/s1. The topological polar surface area (TPSA) is 181 Å². The van der Waals surface area contributed by atoms with Gasteiger partial charge in [0.15, 0.2) is 5.82 Å². The molecule has 3 unspecified atom stereocenters. The molecule has 86 heavy (non-hydrogen) atoms. The third-order valence-corrected chi connectivity index (χ3v) is 19.8. The normalized spacial score (nSPS) is 24.3. The van der Waals surface area contributed by atoms with E-state index in [4.69, 9.17) is 30.6 Å². The van der Waals surface area contributed by atoms with Crippen molar-refractivity contribution in [2.45, 2.75) is 139 Å². The summed E-state index contributed by atoms with van der Waals surface area (Å²) in [5, 5.41) is 1.38. The zero-order chi connectivity index (χ0) is 59.9. The summed E-state index contributed by atoms with van der Waals surface area (Å²) >= 11 is 0. The summed E-state index contributed by atoms with van der Waals surface area (Å²) in [5.74, 6) is 1.72. The number of nitrogens with zero attached hydrogens (tertiary/aromatic N) is 11. The second-order valence-electron chi connectivity index (χ2n) is 26.0. The number of amides is 4. The summed E-state index contributed by atoms with van der Waals surface area (Å²) in [4.78, 5) is 92.7. The second-order valence-corrected chi connectivity index (χ2v) is 26.0. The Morgan fingerprint density at radius 1 is 0.849 bits per heavy atom. The Morgan fingerprint density at radius 2 is 1.60 bits per heavy atom. The fraction of sp³-hybridized carbons (Fsp3) is 0.538. The molecule has 0 aliphatic carbocycles. The number of likely N-dealkylation sites (tertiary alicyclic amines) is 3. The molecule has 3 aromatic heterocycles. The van der Waals surface area contributed by atoms with Crippen LogP contribution < -0.4 is 15.3 Å². The summed E-state index contributed by atoms with van der Waals surface area (Å²) in [6.45, 7) is 11.8. The number of aromatic nitrogens is 5. The van der Waals surface area contributed by atoms with Gasteiger partial charge < -0.3 is 28.9 Å². The van der Waals surface area contributed by atoms with E-state index in [0.717, 1.165) is 112 Å². The minimum atomic E-state index is -0.727. The number of imide groups is 1. The number of ether oxygens (including phenoxy) is 3. The predicted octanol–water partition coefficient (Wildman–Crippen LogP) is 8.77. The SMILES string of the molecule is C#Cc1c(F)ccc2cccc(-c3ncc4c(N5CC6CCC(C5)N6C(=O)OC(C)(C)C)nc(OC[C@@]56CCCN5[C@H](COC(=O)N5CCC(CN7CCC(c8cccc9c8n(C)c(=O)n9C8CCC(=O)N(C)C8=O)CC7)CC5)CC6)nc4c3F)c12. The van der Waals surface area contributed by atoms with E-state index in [1.807, 2.05) is 42.7 Å². The molecule has 13 rings (SSSR count). The number of hydrogen-bond acceptors (Lipinski definition) is 14. The number of rotatable bonds is 11. The number of para-hydroxylation sites is 1. The van der Waals surface area contributed by atoms with Crippen LogP contribution in [0.3, 0.4) is 0 Å². The van der Waals surface area contributed by atoms with Gasteiger partial charge in [-0.15, -0.1) is 6.42 Å². The lowest BCUT2D eigenvalue weighted by Gasteiger charge is -2.42. The molecule has 5 atom stereocenters. The van der Waals surface area contributed by atoms with E-state index in [0.29, 0.717) is 66.1 Å². The van der Waals surface area contributed by atoms with Crippen LogP contribution in [0.4, 0.5) is 24.2 Å². The van der Waals surface area contributed by atoms with E-state index in [9.17, 15) is 24.0 Å². The van der Waals surface area contributed by atoms with Crippen LogP contribution in [0.2, 0.25) is 0 Å². The average molecular weight is 1180 g/mol. The van der Waals surface area contributed by atoms with Crippen molar-refractivity contribution < 1.29 is 42.2 Å². The van der Waals surface area contributed by atoms with E-state index in [1.165, 1.54) is 13.1 Å². The fourth-order valence-corrected chi connectivity index (χ4v) is 15.5. The molecule has 21 heteroatoms. The number of benzene rings is 3. The number of terminal acetylenes is 1. The fourth-order valence-electron chi connectivity index (χ4n) is 15.5. The molecule has 452 valence electrons. The lowest BCUT2D eigenvalue weighted by molar-refractivity contribution is -0.149. The van der Waals surface area contributed by atoms with E-state index in [-0.39, 0.29) is 102 Å². The molecule has 7 saturated heterocycles. The number of aryl methyl sites for hydroxylation is 1. The molecule has 19 nitrogen and oxygen atoms in total. The molecule has 2 bridgehead atoms. The highest BCUT2D eigenvalue weighted by Crippen LogP contribution is 2.45. The Kier molecular flexibility index (Phi) is 15.0. The lowest BCUT2D eigenvalue weighted by atomic mass is 9.87. The Labute approximate surface area is 498 Å². The average Bonchev–Trinajstić information content (AvgIpc) is 3.36. The molecular weight excluding hydrogens is 1100 g/mol. The summed E-state index contributed by atoms with van der Waals surface area (Å²) in [7, 11) is 3.26. The third-order valence-electron chi connectivity index (χ3n) is 19.8. The highest BCUT2D eigenvalue weighted by molar-refractivity contribution is 6.02. The summed E-state index contributed by atoms with van der Waals surface area (Å²) < 4.78 is 54.6. The van der Waals surface area contributed by atoms with E-state index in [2.05, 4.69) is 31.7 Å². The molecule has 4 amide bonds. The molecule has 6 aromatic rings. The van der Waals surface area contributed by atoms with Crippen molar-refractivity contribution >= 4 is 62.5 Å². The smallest absolute Gasteiger partial charge is 0.410 e. The van der Waals surface area contributed by atoms with E-state index < -0.39 is 23.3 Å². The first-order chi connectivity index (χ1) is 41.4. The van der Waals surface area contributed by atoms with Crippen LogP contribution in [0.25, 0.3) is 44.0 Å². The molecule has 0 spiro atoms. The minimum absolute atomic E-state index is 0.00139. The van der Waals surface area contributed by atoms with Gasteiger partial charge in [0.05, 0.1) is 39.6 Å². The summed E-state index contributed by atoms with van der Waals surface area (Å²) in [6, 6.07) is 13.1. The third kappa shape index (κ3) is 10.3. The number of hydrogen-bond donors (Lipinski definition) is 0. The van der Waals surface area contributed by atoms with Crippen LogP contribution in [0.1, 0.15) is 121 Å². The van der Waals surface area contributed by atoms with E-state index >= 15 is 8.78 Å². The summed E-state index contributed by atoms with van der Waals surface area (Å²) in [5.41, 5.74) is 1.72. The maximum absolute atomic E-state index is 17.5. The number of anilines is 1. The van der Waals surface area contributed by atoms with Gasteiger partial charge in [-0.2, -0.15) is 9.97 Å². The van der Waals surface area contributed by atoms with Crippen LogP contribution in [0, 0.1) is 29.9 Å². The van der Waals surface area contributed by atoms with Crippen LogP contribution in [0.5, 0.6) is 6.01 Å². The van der Waals surface area contributed by atoms with E-state index in [1.54, 1.807) is 46.6 Å². The number of piperazine rings is 1. The van der Waals surface area contributed by atoms with Gasteiger partial charge in [0.2, 0.25) is 5.91 Å². The van der Waals surface area contributed by atoms with Crippen molar-refractivity contribution in [3.05, 3.63) is 88.0 Å². The first-order valence-corrected chi connectivity index (χ1v) is 30.7. The first kappa shape index (κ1) is 57.4. The quantitative estimate of drug-likeness (QED) is 0.0887. The molecule has 0 N–H and O–H groups in total. The van der Waals surface area contributed by atoms with Gasteiger partial charge in [0, 0.05) is 76.4 Å². The minimum Gasteiger partial charge on any atom is -0.461 e. The second kappa shape index (κ2) is 22.5. The highest BCUT2D eigenvalue weighted by atomic mass is 19.1. The van der Waals surface area contributed by atoms with Gasteiger partial charge in [0.25, 0.3) is 5.91 Å². The van der Waals surface area contributed by atoms with Crippen LogP contribution in [-0.4, -0.2) is 174 Å². The number of fused-ring (bicyclic) bond motifs is 6. The zero-order valence-corrected chi connectivity index (χ0v) is 49.7. The van der Waals surface area contributed by atoms with Crippen molar-refractivity contribution in [1.82, 2.24) is 48.6 Å². The molecular formula is C65H75F2N11O8. The molecule has 7 fully saturated rings. The summed E-state index contributed by atoms with van der Waals surface area (Å²) in [6.07, 6.45) is 15.9. The Hall–Kier alpha value is -7.70. The number of likely N-dealkylation sites (N-methyl/N-ethyl adjacent to an activating group) is 1. The van der Waals surface area contributed by atoms with Crippen molar-refractivity contribution in [3.8, 4) is 29.6 Å². The van der Waals surface area contributed by atoms with Gasteiger partial charge in [-0.3, -0.25) is 38.4 Å². The number of carbonyl (C=O) groups excluding carboxylic acids is 4. The Bertz CT molecular complexity index is 3790. The Morgan fingerprint density at radius 3 is 2.35 bits per heavy atom. The molecule has 7 aliphatic rings. The van der Waals surface area contributed by atoms with Crippen molar-refractivity contribution in [3.63, 3.8) is 0 Å². The zero-order valence-electron chi connectivity index (χ0n) is 49.7. The van der Waals surface area contributed by atoms with Gasteiger partial charge in [0.1, 0.15) is 47.7 Å². The first-order valence-electron chi connectivity index (χ1n) is 30.7. The van der Waals surface area contributed by atoms with Gasteiger partial charge in [-0.1, -0.05) is 42.3 Å². The van der Waals surface area contributed by atoms with Crippen molar-refractivity contribution in [1.29, 1.82) is 0 Å². The number of carbonyl (C=O) groups is 4. The van der Waals surface area contributed by atoms with Gasteiger partial charge >= 0.3 is 23.9 Å². The number of halogens is 2.